The summed E-state index contributed by atoms with van der Waals surface area (Å²) in [7, 11) is 0. The van der Waals surface area contributed by atoms with E-state index >= 15 is 0 Å². The van der Waals surface area contributed by atoms with Crippen molar-refractivity contribution in [3.8, 4) is 12.3 Å². The molecule has 0 fully saturated rings. The molecule has 0 spiro atoms. The van der Waals surface area contributed by atoms with Gasteiger partial charge in [-0.15, -0.1) is 6.42 Å². The number of benzene rings is 1. The predicted molar refractivity (Wildman–Crippen MR) is 42.9 cm³/mol. The maximum Gasteiger partial charge on any atom is 0.117 e. The fraction of sp³-hybridized carbons (Fsp3) is 0.111. The monoisotopic (exact) mass is 147 g/mol. The van der Waals surface area contributed by atoms with E-state index in [1.165, 1.54) is 0 Å². The molecule has 2 heteroatoms. The van der Waals surface area contributed by atoms with Crippen LogP contribution in [0.2, 0.25) is 0 Å². The molecule has 0 aromatic heterocycles. The first-order valence-electron chi connectivity index (χ1n) is 3.29. The van der Waals surface area contributed by atoms with Crippen LogP contribution in [0.25, 0.3) is 0 Å². The van der Waals surface area contributed by atoms with E-state index in [0.29, 0.717) is 0 Å². The lowest BCUT2D eigenvalue weighted by atomic mass is 10.1. The largest absolute Gasteiger partial charge is 0.315 e. The Balaban J connectivity index is 2.85. The Labute approximate surface area is 65.8 Å². The number of hydrogen-bond donors (Lipinski definition) is 2. The predicted octanol–water partition coefficient (Wildman–Crippen LogP) is 1.34. The number of hydroxylamine groups is 1. The zero-order chi connectivity index (χ0) is 8.10. The highest BCUT2D eigenvalue weighted by Crippen LogP contribution is 2.09. The van der Waals surface area contributed by atoms with E-state index in [1.54, 1.807) is 0 Å². The summed E-state index contributed by atoms with van der Waals surface area (Å²) >= 11 is 0. The lowest BCUT2D eigenvalue weighted by Crippen LogP contribution is -2.14. The molecule has 11 heavy (non-hydrogen) atoms. The molecule has 0 bridgehead atoms. The molecule has 0 heterocycles. The van der Waals surface area contributed by atoms with Gasteiger partial charge in [-0.1, -0.05) is 36.3 Å². The third-order valence-electron chi connectivity index (χ3n) is 1.43. The molecule has 0 aliphatic heterocycles. The van der Waals surface area contributed by atoms with Crippen molar-refractivity contribution in [1.29, 1.82) is 0 Å². The van der Waals surface area contributed by atoms with Gasteiger partial charge >= 0.3 is 0 Å². The molecule has 0 saturated heterocycles. The van der Waals surface area contributed by atoms with E-state index in [9.17, 15) is 0 Å². The fourth-order valence-electron chi connectivity index (χ4n) is 0.854. The van der Waals surface area contributed by atoms with Crippen molar-refractivity contribution in [3.05, 3.63) is 35.9 Å². The van der Waals surface area contributed by atoms with Gasteiger partial charge < -0.3 is 5.21 Å². The molecule has 1 aromatic rings. The van der Waals surface area contributed by atoms with Gasteiger partial charge in [0.05, 0.1) is 0 Å². The summed E-state index contributed by atoms with van der Waals surface area (Å²) < 4.78 is 0. The van der Waals surface area contributed by atoms with Crippen LogP contribution >= 0.6 is 0 Å². The molecular formula is C9H9NO. The first-order chi connectivity index (χ1) is 5.38. The molecule has 0 aliphatic carbocycles. The Kier molecular flexibility index (Phi) is 2.67. The minimum Gasteiger partial charge on any atom is -0.315 e. The third-order valence-corrected chi connectivity index (χ3v) is 1.43. The van der Waals surface area contributed by atoms with Crippen LogP contribution in [0.15, 0.2) is 30.3 Å². The van der Waals surface area contributed by atoms with Crippen molar-refractivity contribution >= 4 is 0 Å². The van der Waals surface area contributed by atoms with Crippen molar-refractivity contribution in [1.82, 2.24) is 5.48 Å². The summed E-state index contributed by atoms with van der Waals surface area (Å²) in [6.45, 7) is 0. The molecule has 56 valence electrons. The molecule has 1 atom stereocenters. The van der Waals surface area contributed by atoms with Crippen LogP contribution < -0.4 is 5.48 Å². The van der Waals surface area contributed by atoms with Crippen LogP contribution in [0.5, 0.6) is 0 Å². The highest BCUT2D eigenvalue weighted by molar-refractivity contribution is 5.24. The van der Waals surface area contributed by atoms with Crippen molar-refractivity contribution < 1.29 is 5.21 Å². The Bertz CT molecular complexity index is 250. The summed E-state index contributed by atoms with van der Waals surface area (Å²) in [4.78, 5) is 0. The fourth-order valence-corrected chi connectivity index (χ4v) is 0.854. The topological polar surface area (TPSA) is 32.3 Å². The zero-order valence-electron chi connectivity index (χ0n) is 5.99. The van der Waals surface area contributed by atoms with Crippen molar-refractivity contribution in [2.75, 3.05) is 0 Å². The van der Waals surface area contributed by atoms with Crippen LogP contribution in [0.3, 0.4) is 0 Å². The van der Waals surface area contributed by atoms with Crippen LogP contribution in [0, 0.1) is 12.3 Å². The lowest BCUT2D eigenvalue weighted by Gasteiger charge is -2.06. The van der Waals surface area contributed by atoms with Gasteiger partial charge in [0.25, 0.3) is 0 Å². The maximum absolute atomic E-state index is 8.59. The molecule has 0 saturated carbocycles. The summed E-state index contributed by atoms with van der Waals surface area (Å²) in [5, 5.41) is 8.59. The average Bonchev–Trinajstić information content (AvgIpc) is 2.09. The molecule has 2 nitrogen and oxygen atoms in total. The van der Waals surface area contributed by atoms with Crippen LogP contribution in [0.4, 0.5) is 0 Å². The smallest absolute Gasteiger partial charge is 0.117 e. The maximum atomic E-state index is 8.59. The molecule has 2 N–H and O–H groups in total. The number of hydrogen-bond acceptors (Lipinski definition) is 2. The van der Waals surface area contributed by atoms with Gasteiger partial charge in [-0.3, -0.25) is 0 Å². The molecule has 0 amide bonds. The Morgan fingerprint density at radius 1 is 1.36 bits per heavy atom. The van der Waals surface area contributed by atoms with E-state index < -0.39 is 6.04 Å². The summed E-state index contributed by atoms with van der Waals surface area (Å²) in [6, 6.07) is 8.94. The van der Waals surface area contributed by atoms with Gasteiger partial charge in [-0.2, -0.15) is 5.48 Å². The lowest BCUT2D eigenvalue weighted by molar-refractivity contribution is 0.147. The minimum atomic E-state index is -0.406. The first kappa shape index (κ1) is 7.80. The second-order valence-corrected chi connectivity index (χ2v) is 2.14. The van der Waals surface area contributed by atoms with Crippen molar-refractivity contribution in [2.45, 2.75) is 6.04 Å². The van der Waals surface area contributed by atoms with E-state index in [4.69, 9.17) is 11.6 Å². The first-order valence-corrected chi connectivity index (χ1v) is 3.29. The quantitative estimate of drug-likeness (QED) is 0.488. The highest BCUT2D eigenvalue weighted by Gasteiger charge is 2.02. The van der Waals surface area contributed by atoms with E-state index in [0.717, 1.165) is 5.56 Å². The SMILES string of the molecule is C#C[C@H](NO)c1ccccc1. The van der Waals surface area contributed by atoms with Gasteiger partial charge in [0.1, 0.15) is 6.04 Å². The summed E-state index contributed by atoms with van der Waals surface area (Å²) in [5.41, 5.74) is 2.92. The molecule has 0 aliphatic rings. The number of rotatable bonds is 2. The summed E-state index contributed by atoms with van der Waals surface area (Å²) in [5.74, 6) is 2.41. The van der Waals surface area contributed by atoms with Crippen LogP contribution in [0.1, 0.15) is 11.6 Å². The molecule has 1 rings (SSSR count). The van der Waals surface area contributed by atoms with Gasteiger partial charge in [-0.25, -0.2) is 0 Å². The molecule has 0 unspecified atom stereocenters. The summed E-state index contributed by atoms with van der Waals surface area (Å²) in [6.07, 6.45) is 5.14. The standard InChI is InChI=1S/C9H9NO/c1-2-9(10-11)8-6-4-3-5-7-8/h1,3-7,9-11H/t9-/m0/s1. The Morgan fingerprint density at radius 3 is 2.45 bits per heavy atom. The molecule has 0 radical (unpaired) electrons. The zero-order valence-corrected chi connectivity index (χ0v) is 5.99. The van der Waals surface area contributed by atoms with Gasteiger partial charge in [-0.05, 0) is 5.56 Å². The van der Waals surface area contributed by atoms with Gasteiger partial charge in [0.2, 0.25) is 0 Å². The normalized spacial score (nSPS) is 12.0. The van der Waals surface area contributed by atoms with Crippen LogP contribution in [-0.2, 0) is 0 Å². The average molecular weight is 147 g/mol. The third kappa shape index (κ3) is 1.81. The second kappa shape index (κ2) is 3.77. The van der Waals surface area contributed by atoms with Crippen molar-refractivity contribution in [3.63, 3.8) is 0 Å². The molecule has 1 aromatic carbocycles. The van der Waals surface area contributed by atoms with E-state index in [-0.39, 0.29) is 0 Å². The van der Waals surface area contributed by atoms with E-state index in [1.807, 2.05) is 35.8 Å². The van der Waals surface area contributed by atoms with Gasteiger partial charge in [0, 0.05) is 0 Å². The minimum absolute atomic E-state index is 0.406. The van der Waals surface area contributed by atoms with Crippen molar-refractivity contribution in [2.24, 2.45) is 0 Å². The van der Waals surface area contributed by atoms with Gasteiger partial charge in [0.15, 0.2) is 0 Å². The number of nitrogens with one attached hydrogen (secondary N) is 1. The Hall–Kier alpha value is -1.30. The second-order valence-electron chi connectivity index (χ2n) is 2.14. The number of terminal acetylenes is 1. The molecular weight excluding hydrogens is 138 g/mol. The van der Waals surface area contributed by atoms with Crippen LogP contribution in [-0.4, -0.2) is 5.21 Å². The Morgan fingerprint density at radius 2 is 2.00 bits per heavy atom. The highest BCUT2D eigenvalue weighted by atomic mass is 16.5. The van der Waals surface area contributed by atoms with E-state index in [2.05, 4.69) is 5.92 Å².